The van der Waals surface area contributed by atoms with E-state index in [9.17, 15) is 18.0 Å². The fourth-order valence-electron chi connectivity index (χ4n) is 3.26. The van der Waals surface area contributed by atoms with Gasteiger partial charge in [0, 0.05) is 50.0 Å². The highest BCUT2D eigenvalue weighted by Gasteiger charge is 2.32. The lowest BCUT2D eigenvalue weighted by atomic mass is 10.0. The zero-order chi connectivity index (χ0) is 21.1. The number of nitrogens with zero attached hydrogens (tertiary/aromatic N) is 5. The molecule has 0 radical (unpaired) electrons. The van der Waals surface area contributed by atoms with Crippen LogP contribution in [0, 0.1) is 0 Å². The Morgan fingerprint density at radius 3 is 2.50 bits per heavy atom. The Bertz CT molecular complexity index is 998. The predicted molar refractivity (Wildman–Crippen MR) is 100 cm³/mol. The molecule has 156 valence electrons. The molecule has 0 spiro atoms. The van der Waals surface area contributed by atoms with E-state index in [4.69, 9.17) is 4.74 Å². The van der Waals surface area contributed by atoms with Crippen molar-refractivity contribution in [3.8, 4) is 11.7 Å². The van der Waals surface area contributed by atoms with Crippen LogP contribution in [-0.4, -0.2) is 50.0 Å². The molecule has 1 fully saturated rings. The number of carbonyl (C=O) groups is 1. The SMILES string of the molecule is O=C(c1cccc(C(F)(F)F)c1)N1CCC(Oc2ccc(-n3cccn3)nn2)CC1. The molecule has 7 nitrogen and oxygen atoms in total. The van der Waals surface area contributed by atoms with Crippen LogP contribution in [0.2, 0.25) is 0 Å². The van der Waals surface area contributed by atoms with E-state index in [0.29, 0.717) is 37.6 Å². The lowest BCUT2D eigenvalue weighted by Gasteiger charge is -2.32. The number of piperidine rings is 1. The first-order valence-corrected chi connectivity index (χ1v) is 9.37. The zero-order valence-electron chi connectivity index (χ0n) is 15.8. The number of amides is 1. The lowest BCUT2D eigenvalue weighted by molar-refractivity contribution is -0.137. The number of alkyl halides is 3. The Hall–Kier alpha value is -3.43. The normalized spacial score (nSPS) is 15.2. The number of carbonyl (C=O) groups excluding carboxylic acids is 1. The standard InChI is InChI=1S/C20H18F3N5O2/c21-20(22,23)15-4-1-3-14(13-15)19(29)27-11-7-16(8-12-27)30-18-6-5-17(25-26-18)28-10-2-9-24-28/h1-6,9-10,13,16H,7-8,11-12H2. The van der Waals surface area contributed by atoms with E-state index in [-0.39, 0.29) is 11.7 Å². The monoisotopic (exact) mass is 417 g/mol. The van der Waals surface area contributed by atoms with Gasteiger partial charge in [-0.05, 0) is 30.3 Å². The summed E-state index contributed by atoms with van der Waals surface area (Å²) in [5.41, 5.74) is -0.798. The first-order chi connectivity index (χ1) is 14.4. The van der Waals surface area contributed by atoms with Gasteiger partial charge < -0.3 is 9.64 Å². The molecule has 3 aromatic rings. The van der Waals surface area contributed by atoms with Crippen LogP contribution in [0.1, 0.15) is 28.8 Å². The molecule has 10 heteroatoms. The van der Waals surface area contributed by atoms with Crippen LogP contribution < -0.4 is 4.74 Å². The van der Waals surface area contributed by atoms with Crippen LogP contribution in [0.3, 0.4) is 0 Å². The molecular weight excluding hydrogens is 399 g/mol. The van der Waals surface area contributed by atoms with E-state index in [0.717, 1.165) is 12.1 Å². The lowest BCUT2D eigenvalue weighted by Crippen LogP contribution is -2.41. The van der Waals surface area contributed by atoms with E-state index in [1.807, 2.05) is 0 Å². The molecule has 0 unspecified atom stereocenters. The second-order valence-corrected chi connectivity index (χ2v) is 6.87. The van der Waals surface area contributed by atoms with E-state index in [2.05, 4.69) is 15.3 Å². The Balaban J connectivity index is 1.33. The Morgan fingerprint density at radius 2 is 1.87 bits per heavy atom. The Morgan fingerprint density at radius 1 is 1.07 bits per heavy atom. The zero-order valence-corrected chi connectivity index (χ0v) is 15.8. The molecule has 1 saturated heterocycles. The molecule has 0 N–H and O–H groups in total. The highest BCUT2D eigenvalue weighted by atomic mass is 19.4. The Labute approximate surface area is 170 Å². The number of benzene rings is 1. The van der Waals surface area contributed by atoms with Gasteiger partial charge in [-0.1, -0.05) is 6.07 Å². The van der Waals surface area contributed by atoms with Crippen LogP contribution in [0.15, 0.2) is 54.9 Å². The molecule has 1 aliphatic heterocycles. The van der Waals surface area contributed by atoms with Gasteiger partial charge >= 0.3 is 6.18 Å². The fraction of sp³-hybridized carbons (Fsp3) is 0.300. The van der Waals surface area contributed by atoms with Gasteiger partial charge in [-0.3, -0.25) is 4.79 Å². The van der Waals surface area contributed by atoms with Crippen LogP contribution in [-0.2, 0) is 6.18 Å². The summed E-state index contributed by atoms with van der Waals surface area (Å²) in [5.74, 6) is 0.519. The summed E-state index contributed by atoms with van der Waals surface area (Å²) < 4.78 is 46.1. The molecule has 3 heterocycles. The number of aromatic nitrogens is 4. The summed E-state index contributed by atoms with van der Waals surface area (Å²) in [6.07, 6.45) is -0.145. The summed E-state index contributed by atoms with van der Waals surface area (Å²) in [4.78, 5) is 14.1. The van der Waals surface area contributed by atoms with Gasteiger partial charge in [-0.15, -0.1) is 10.2 Å². The van der Waals surface area contributed by atoms with E-state index < -0.39 is 17.6 Å². The van der Waals surface area contributed by atoms with Crippen molar-refractivity contribution < 1.29 is 22.7 Å². The van der Waals surface area contributed by atoms with Crippen molar-refractivity contribution in [2.24, 2.45) is 0 Å². The molecule has 30 heavy (non-hydrogen) atoms. The fourth-order valence-corrected chi connectivity index (χ4v) is 3.26. The number of halogens is 3. The highest BCUT2D eigenvalue weighted by molar-refractivity contribution is 5.94. The third-order valence-corrected chi connectivity index (χ3v) is 4.82. The van der Waals surface area contributed by atoms with Crippen molar-refractivity contribution in [3.63, 3.8) is 0 Å². The summed E-state index contributed by atoms with van der Waals surface area (Å²) in [5, 5.41) is 12.2. The molecular formula is C20H18F3N5O2. The topological polar surface area (TPSA) is 73.1 Å². The average molecular weight is 417 g/mol. The van der Waals surface area contributed by atoms with Crippen molar-refractivity contribution in [1.82, 2.24) is 24.9 Å². The maximum atomic E-state index is 12.9. The van der Waals surface area contributed by atoms with E-state index >= 15 is 0 Å². The molecule has 0 saturated carbocycles. The largest absolute Gasteiger partial charge is 0.473 e. The molecule has 1 aliphatic rings. The second-order valence-electron chi connectivity index (χ2n) is 6.87. The first kappa shape index (κ1) is 19.9. The molecule has 2 aromatic heterocycles. The maximum Gasteiger partial charge on any atom is 0.416 e. The summed E-state index contributed by atoms with van der Waals surface area (Å²) >= 11 is 0. The van der Waals surface area contributed by atoms with Crippen molar-refractivity contribution >= 4 is 5.91 Å². The van der Waals surface area contributed by atoms with E-state index in [1.165, 1.54) is 12.1 Å². The molecule has 0 aliphatic carbocycles. The first-order valence-electron chi connectivity index (χ1n) is 9.37. The second kappa shape index (κ2) is 8.13. The van der Waals surface area contributed by atoms with Gasteiger partial charge in [0.05, 0.1) is 5.56 Å². The minimum absolute atomic E-state index is 0.0317. The van der Waals surface area contributed by atoms with Crippen LogP contribution in [0.25, 0.3) is 5.82 Å². The van der Waals surface area contributed by atoms with Gasteiger partial charge in [0.2, 0.25) is 5.88 Å². The van der Waals surface area contributed by atoms with Crippen molar-refractivity contribution in [3.05, 3.63) is 66.0 Å². The number of rotatable bonds is 4. The van der Waals surface area contributed by atoms with Crippen molar-refractivity contribution in [1.29, 1.82) is 0 Å². The minimum atomic E-state index is -4.48. The van der Waals surface area contributed by atoms with Gasteiger partial charge in [0.25, 0.3) is 5.91 Å². The van der Waals surface area contributed by atoms with E-state index in [1.54, 1.807) is 40.2 Å². The smallest absolute Gasteiger partial charge is 0.416 e. The van der Waals surface area contributed by atoms with Gasteiger partial charge in [0.15, 0.2) is 5.82 Å². The van der Waals surface area contributed by atoms with Crippen molar-refractivity contribution in [2.45, 2.75) is 25.1 Å². The number of hydrogen-bond donors (Lipinski definition) is 0. The highest BCUT2D eigenvalue weighted by Crippen LogP contribution is 2.30. The van der Waals surface area contributed by atoms with Crippen molar-refractivity contribution in [2.75, 3.05) is 13.1 Å². The third kappa shape index (κ3) is 4.42. The summed E-state index contributed by atoms with van der Waals surface area (Å²) in [6.45, 7) is 0.775. The summed E-state index contributed by atoms with van der Waals surface area (Å²) in [7, 11) is 0. The number of hydrogen-bond acceptors (Lipinski definition) is 5. The van der Waals surface area contributed by atoms with Crippen LogP contribution in [0.5, 0.6) is 5.88 Å². The molecule has 1 amide bonds. The van der Waals surface area contributed by atoms with Crippen LogP contribution >= 0.6 is 0 Å². The predicted octanol–water partition coefficient (Wildman–Crippen LogP) is 3.36. The molecule has 0 atom stereocenters. The quantitative estimate of drug-likeness (QED) is 0.651. The number of likely N-dealkylation sites (tertiary alicyclic amines) is 1. The molecule has 4 rings (SSSR count). The summed E-state index contributed by atoms with van der Waals surface area (Å²) in [6, 6.07) is 9.71. The maximum absolute atomic E-state index is 12.9. The average Bonchev–Trinajstić information content (AvgIpc) is 3.29. The molecule has 1 aromatic carbocycles. The van der Waals surface area contributed by atoms with Gasteiger partial charge in [0.1, 0.15) is 6.10 Å². The van der Waals surface area contributed by atoms with Gasteiger partial charge in [-0.2, -0.15) is 18.3 Å². The number of ether oxygens (including phenoxy) is 1. The third-order valence-electron chi connectivity index (χ3n) is 4.82. The van der Waals surface area contributed by atoms with Gasteiger partial charge in [-0.25, -0.2) is 4.68 Å². The molecule has 0 bridgehead atoms. The Kier molecular flexibility index (Phi) is 5.39. The van der Waals surface area contributed by atoms with Crippen LogP contribution in [0.4, 0.5) is 13.2 Å². The minimum Gasteiger partial charge on any atom is -0.473 e.